The van der Waals surface area contributed by atoms with Crippen molar-refractivity contribution in [2.45, 2.75) is 65.3 Å². The molecule has 1 aliphatic carbocycles. The lowest BCUT2D eigenvalue weighted by atomic mass is 9.89. The Balaban J connectivity index is 1.16. The summed E-state index contributed by atoms with van der Waals surface area (Å²) in [5.41, 5.74) is 18.6. The zero-order chi connectivity index (χ0) is 37.2. The van der Waals surface area contributed by atoms with E-state index in [9.17, 15) is 4.39 Å². The zero-order valence-corrected chi connectivity index (χ0v) is 31.8. The summed E-state index contributed by atoms with van der Waals surface area (Å²) in [6.07, 6.45) is 11.2. The predicted molar refractivity (Wildman–Crippen MR) is 228 cm³/mol. The maximum atomic E-state index is 14.3. The molecule has 0 saturated heterocycles. The topological polar surface area (TPSA) is 3.24 Å². The molecule has 1 aliphatic heterocycles. The third kappa shape index (κ3) is 7.39. The van der Waals surface area contributed by atoms with Crippen LogP contribution in [0.25, 0.3) is 23.3 Å². The summed E-state index contributed by atoms with van der Waals surface area (Å²) in [6.45, 7) is 8.71. The van der Waals surface area contributed by atoms with Gasteiger partial charge in [-0.2, -0.15) is 0 Å². The van der Waals surface area contributed by atoms with Gasteiger partial charge in [-0.3, -0.25) is 0 Å². The molecule has 1 heterocycles. The summed E-state index contributed by atoms with van der Waals surface area (Å²) in [5.74, 6) is 0.290. The van der Waals surface area contributed by atoms with E-state index in [-0.39, 0.29) is 5.82 Å². The van der Waals surface area contributed by atoms with Crippen LogP contribution in [-0.2, 0) is 6.42 Å². The van der Waals surface area contributed by atoms with Gasteiger partial charge in [0.05, 0.1) is 0 Å². The standard InChI is InChI=1S/C52H48FN/c1-35-16-24-43(25-17-35)51(44-26-18-36(2)19-27-44)37(3)20-21-39-22-28-47(29-23-39)54-49-15-9-14-48(49)52-45(30-38(4)42-11-6-5-7-12-42)32-41(34-50(52)54)31-40-10-8-13-46(53)33-40/h5-8,10-13,16-30,32-34,48-49H,9,14-15,31H2,1-4H3. The van der Waals surface area contributed by atoms with Crippen LogP contribution in [0.1, 0.15) is 94.7 Å². The van der Waals surface area contributed by atoms with Gasteiger partial charge in [-0.25, -0.2) is 4.39 Å². The lowest BCUT2D eigenvalue weighted by molar-refractivity contribution is 0.626. The Bertz CT molecular complexity index is 2310. The summed E-state index contributed by atoms with van der Waals surface area (Å²) in [6, 6.07) is 49.7. The molecule has 0 spiro atoms. The monoisotopic (exact) mass is 705 g/mol. The highest BCUT2D eigenvalue weighted by Gasteiger charge is 2.43. The fourth-order valence-corrected chi connectivity index (χ4v) is 8.65. The molecule has 268 valence electrons. The van der Waals surface area contributed by atoms with Gasteiger partial charge in [0.15, 0.2) is 0 Å². The number of aryl methyl sites for hydroxylation is 2. The van der Waals surface area contributed by atoms with Gasteiger partial charge in [-0.1, -0.05) is 145 Å². The number of hydrogen-bond acceptors (Lipinski definition) is 1. The Morgan fingerprint density at radius 2 is 1.37 bits per heavy atom. The molecule has 2 heteroatoms. The number of anilines is 2. The van der Waals surface area contributed by atoms with Crippen LogP contribution in [-0.4, -0.2) is 6.04 Å². The van der Waals surface area contributed by atoms with Gasteiger partial charge in [0, 0.05) is 23.3 Å². The van der Waals surface area contributed by atoms with Crippen LogP contribution < -0.4 is 4.90 Å². The Labute approximate surface area is 320 Å². The van der Waals surface area contributed by atoms with Gasteiger partial charge in [0.25, 0.3) is 0 Å². The summed E-state index contributed by atoms with van der Waals surface area (Å²) >= 11 is 0. The highest BCUT2D eigenvalue weighted by atomic mass is 19.1. The second-order valence-electron chi connectivity index (χ2n) is 15.3. The fraction of sp³-hybridized carbons (Fsp3) is 0.192. The molecule has 0 bridgehead atoms. The number of nitrogens with zero attached hydrogens (tertiary/aromatic N) is 1. The molecule has 1 nitrogen and oxygen atoms in total. The van der Waals surface area contributed by atoms with Crippen LogP contribution in [0.2, 0.25) is 0 Å². The Morgan fingerprint density at radius 3 is 2.04 bits per heavy atom. The zero-order valence-electron chi connectivity index (χ0n) is 31.8. The van der Waals surface area contributed by atoms with Crippen LogP contribution in [0.15, 0.2) is 151 Å². The maximum Gasteiger partial charge on any atom is 0.123 e. The molecule has 0 radical (unpaired) electrons. The first-order valence-electron chi connectivity index (χ1n) is 19.4. The first-order chi connectivity index (χ1) is 26.3. The van der Waals surface area contributed by atoms with Gasteiger partial charge >= 0.3 is 0 Å². The predicted octanol–water partition coefficient (Wildman–Crippen LogP) is 13.9. The van der Waals surface area contributed by atoms with Gasteiger partial charge in [0.2, 0.25) is 0 Å². The Kier molecular flexibility index (Phi) is 10.0. The van der Waals surface area contributed by atoms with Crippen molar-refractivity contribution in [1.29, 1.82) is 0 Å². The largest absolute Gasteiger partial charge is 0.337 e. The highest BCUT2D eigenvalue weighted by molar-refractivity contribution is 5.87. The van der Waals surface area contributed by atoms with Crippen molar-refractivity contribution in [3.05, 3.63) is 213 Å². The van der Waals surface area contributed by atoms with Crippen molar-refractivity contribution in [3.8, 4) is 0 Å². The molecule has 2 unspecified atom stereocenters. The maximum absolute atomic E-state index is 14.3. The van der Waals surface area contributed by atoms with Gasteiger partial charge in [-0.05, 0) is 139 Å². The Hall–Kier alpha value is -5.73. The first-order valence-corrected chi connectivity index (χ1v) is 19.4. The molecule has 6 aromatic rings. The van der Waals surface area contributed by atoms with E-state index >= 15 is 0 Å². The van der Waals surface area contributed by atoms with E-state index in [4.69, 9.17) is 0 Å². The van der Waals surface area contributed by atoms with Crippen LogP contribution in [0.3, 0.4) is 0 Å². The third-order valence-corrected chi connectivity index (χ3v) is 11.4. The van der Waals surface area contributed by atoms with E-state index in [0.29, 0.717) is 18.4 Å². The number of allylic oxidation sites excluding steroid dienone is 3. The SMILES string of the molecule is CC(=Cc1cc(Cc2cccc(F)c2)cc2c1C1CCCC1N2c1ccc(C=CC(C)=C(c2ccc(C)cc2)c2ccc(C)cc2)cc1)c1ccccc1. The summed E-state index contributed by atoms with van der Waals surface area (Å²) in [7, 11) is 0. The molecule has 6 aromatic carbocycles. The number of halogens is 1. The number of hydrogen-bond donors (Lipinski definition) is 0. The minimum atomic E-state index is -0.189. The van der Waals surface area contributed by atoms with E-state index in [1.54, 1.807) is 6.07 Å². The molecule has 54 heavy (non-hydrogen) atoms. The molecule has 2 atom stereocenters. The normalized spacial score (nSPS) is 16.5. The second-order valence-corrected chi connectivity index (χ2v) is 15.3. The van der Waals surface area contributed by atoms with Crippen molar-refractivity contribution in [2.24, 2.45) is 0 Å². The molecular weight excluding hydrogens is 658 g/mol. The molecule has 2 aliphatic rings. The van der Waals surface area contributed by atoms with E-state index < -0.39 is 0 Å². The summed E-state index contributed by atoms with van der Waals surface area (Å²) in [5, 5.41) is 0. The van der Waals surface area contributed by atoms with E-state index in [2.05, 4.69) is 166 Å². The molecule has 0 N–H and O–H groups in total. The molecule has 0 amide bonds. The molecule has 1 saturated carbocycles. The smallest absolute Gasteiger partial charge is 0.123 e. The average molecular weight is 706 g/mol. The van der Waals surface area contributed by atoms with Crippen molar-refractivity contribution in [3.63, 3.8) is 0 Å². The van der Waals surface area contributed by atoms with Gasteiger partial charge in [-0.15, -0.1) is 0 Å². The average Bonchev–Trinajstić information content (AvgIpc) is 3.77. The van der Waals surface area contributed by atoms with E-state index in [1.165, 1.54) is 103 Å². The van der Waals surface area contributed by atoms with Crippen LogP contribution in [0.4, 0.5) is 15.8 Å². The second kappa shape index (κ2) is 15.3. The third-order valence-electron chi connectivity index (χ3n) is 11.4. The quantitative estimate of drug-likeness (QED) is 0.107. The molecule has 0 aromatic heterocycles. The molecular formula is C52H48FN. The van der Waals surface area contributed by atoms with Crippen molar-refractivity contribution >= 4 is 34.7 Å². The van der Waals surface area contributed by atoms with Gasteiger partial charge in [0.1, 0.15) is 5.82 Å². The van der Waals surface area contributed by atoms with Crippen molar-refractivity contribution < 1.29 is 4.39 Å². The number of fused-ring (bicyclic) bond motifs is 3. The molecule has 8 rings (SSSR count). The minimum absolute atomic E-state index is 0.189. The van der Waals surface area contributed by atoms with E-state index in [0.717, 1.165) is 5.56 Å². The van der Waals surface area contributed by atoms with Crippen LogP contribution in [0, 0.1) is 19.7 Å². The molecule has 1 fully saturated rings. The van der Waals surface area contributed by atoms with Gasteiger partial charge < -0.3 is 4.90 Å². The highest BCUT2D eigenvalue weighted by Crippen LogP contribution is 2.54. The van der Waals surface area contributed by atoms with Crippen LogP contribution in [0.5, 0.6) is 0 Å². The van der Waals surface area contributed by atoms with E-state index in [1.807, 2.05) is 12.1 Å². The first kappa shape index (κ1) is 35.3. The number of rotatable bonds is 9. The van der Waals surface area contributed by atoms with Crippen LogP contribution >= 0.6 is 0 Å². The minimum Gasteiger partial charge on any atom is -0.337 e. The van der Waals surface area contributed by atoms with Crippen molar-refractivity contribution in [2.75, 3.05) is 4.90 Å². The lowest BCUT2D eigenvalue weighted by Crippen LogP contribution is -2.26. The summed E-state index contributed by atoms with van der Waals surface area (Å²) < 4.78 is 14.3. The Morgan fingerprint density at radius 1 is 0.685 bits per heavy atom. The number of benzene rings is 6. The van der Waals surface area contributed by atoms with Crippen molar-refractivity contribution in [1.82, 2.24) is 0 Å². The lowest BCUT2D eigenvalue weighted by Gasteiger charge is -2.27. The fourth-order valence-electron chi connectivity index (χ4n) is 8.65. The summed E-state index contributed by atoms with van der Waals surface area (Å²) in [4.78, 5) is 2.61.